The summed E-state index contributed by atoms with van der Waals surface area (Å²) < 4.78 is 29.8. The van der Waals surface area contributed by atoms with Crippen LogP contribution in [0.1, 0.15) is 12.8 Å². The predicted octanol–water partition coefficient (Wildman–Crippen LogP) is 1.06. The molecule has 0 aromatic heterocycles. The molecule has 2 heterocycles. The van der Waals surface area contributed by atoms with Crippen molar-refractivity contribution in [3.05, 3.63) is 35.3 Å². The zero-order valence-electron chi connectivity index (χ0n) is 15.6. The lowest BCUT2D eigenvalue weighted by Crippen LogP contribution is -2.31. The number of nitrogens with zero attached hydrogens (tertiary/aromatic N) is 1. The molecule has 1 saturated heterocycles. The van der Waals surface area contributed by atoms with E-state index in [1.54, 1.807) is 0 Å². The number of aliphatic hydroxyl groups excluding tert-OH is 1. The number of carbonyl (C=O) groups is 2. The second-order valence-corrected chi connectivity index (χ2v) is 6.51. The lowest BCUT2D eigenvalue weighted by Gasteiger charge is -2.17. The third-order valence-electron chi connectivity index (χ3n) is 4.60. The molecule has 9 heteroatoms. The highest BCUT2D eigenvalue weighted by Crippen LogP contribution is 2.30. The summed E-state index contributed by atoms with van der Waals surface area (Å²) in [6, 6.07) is 3.89. The Morgan fingerprint density at radius 3 is 2.96 bits per heavy atom. The van der Waals surface area contributed by atoms with E-state index in [1.165, 1.54) is 30.2 Å². The van der Waals surface area contributed by atoms with Gasteiger partial charge < -0.3 is 29.5 Å². The largest absolute Gasteiger partial charge is 0.489 e. The van der Waals surface area contributed by atoms with E-state index in [-0.39, 0.29) is 42.8 Å². The van der Waals surface area contributed by atoms with Crippen molar-refractivity contribution >= 4 is 17.6 Å². The second-order valence-electron chi connectivity index (χ2n) is 6.51. The van der Waals surface area contributed by atoms with Gasteiger partial charge in [-0.05, 0) is 25.0 Å². The third-order valence-corrected chi connectivity index (χ3v) is 4.60. The number of aliphatic hydroxyl groups is 1. The molecular weight excluding hydrogens is 371 g/mol. The number of amides is 1. The van der Waals surface area contributed by atoms with Crippen LogP contribution in [-0.2, 0) is 19.1 Å². The van der Waals surface area contributed by atoms with Crippen LogP contribution in [0.4, 0.5) is 10.1 Å². The summed E-state index contributed by atoms with van der Waals surface area (Å²) in [5, 5.41) is 12.0. The average Bonchev–Trinajstić information content (AvgIpc) is 3.31. The van der Waals surface area contributed by atoms with Crippen LogP contribution < -0.4 is 10.1 Å². The van der Waals surface area contributed by atoms with Gasteiger partial charge in [0.1, 0.15) is 23.9 Å². The van der Waals surface area contributed by atoms with Gasteiger partial charge in [-0.15, -0.1) is 0 Å². The topological polar surface area (TPSA) is 97.3 Å². The summed E-state index contributed by atoms with van der Waals surface area (Å²) in [5.41, 5.74) is 0.303. The van der Waals surface area contributed by atoms with Crippen LogP contribution in [0.3, 0.4) is 0 Å². The van der Waals surface area contributed by atoms with Gasteiger partial charge in [0.25, 0.3) is 5.91 Å². The van der Waals surface area contributed by atoms with Crippen molar-refractivity contribution in [2.75, 3.05) is 45.3 Å². The number of β-amino-alcohol motifs (C(OH)–C–C–N with tert-alkyl or cyclic N) is 1. The minimum atomic E-state index is -0.672. The van der Waals surface area contributed by atoms with E-state index in [2.05, 4.69) is 5.32 Å². The van der Waals surface area contributed by atoms with E-state index in [9.17, 15) is 14.0 Å². The molecule has 152 valence electrons. The Morgan fingerprint density at radius 1 is 1.46 bits per heavy atom. The van der Waals surface area contributed by atoms with Crippen LogP contribution in [0.15, 0.2) is 29.5 Å². The number of methoxy groups -OCH3 is 1. The van der Waals surface area contributed by atoms with Crippen molar-refractivity contribution in [1.29, 1.82) is 0 Å². The fourth-order valence-electron chi connectivity index (χ4n) is 3.17. The number of hydrogen-bond acceptors (Lipinski definition) is 7. The normalized spacial score (nSPS) is 19.3. The molecule has 1 atom stereocenters. The van der Waals surface area contributed by atoms with Gasteiger partial charge in [-0.1, -0.05) is 0 Å². The van der Waals surface area contributed by atoms with E-state index in [0.717, 1.165) is 12.8 Å². The molecule has 8 nitrogen and oxygen atoms in total. The highest BCUT2D eigenvalue weighted by molar-refractivity contribution is 6.08. The van der Waals surface area contributed by atoms with Gasteiger partial charge in [-0.2, -0.15) is 0 Å². The summed E-state index contributed by atoms with van der Waals surface area (Å²) in [4.78, 5) is 26.0. The maximum atomic E-state index is 13.8. The number of carbonyl (C=O) groups excluding carboxylic acids is 2. The highest BCUT2D eigenvalue weighted by atomic mass is 19.1. The highest BCUT2D eigenvalue weighted by Gasteiger charge is 2.35. The Bertz CT molecular complexity index is 776. The quantitative estimate of drug-likeness (QED) is 0.636. The second kappa shape index (κ2) is 9.03. The first-order valence-corrected chi connectivity index (χ1v) is 9.06. The molecule has 2 aliphatic rings. The number of benzene rings is 1. The van der Waals surface area contributed by atoms with Crippen molar-refractivity contribution in [3.8, 4) is 5.75 Å². The number of esters is 1. The molecule has 1 amide bonds. The van der Waals surface area contributed by atoms with Gasteiger partial charge in [0.05, 0.1) is 37.6 Å². The van der Waals surface area contributed by atoms with Gasteiger partial charge in [0, 0.05) is 19.2 Å². The van der Waals surface area contributed by atoms with E-state index in [0.29, 0.717) is 19.0 Å². The minimum absolute atomic E-state index is 0.00415. The van der Waals surface area contributed by atoms with E-state index in [1.807, 2.05) is 0 Å². The molecule has 2 N–H and O–H groups in total. The maximum absolute atomic E-state index is 13.8. The monoisotopic (exact) mass is 394 g/mol. The lowest BCUT2D eigenvalue weighted by atomic mass is 10.2. The number of rotatable bonds is 8. The zero-order chi connectivity index (χ0) is 20.1. The van der Waals surface area contributed by atoms with Crippen molar-refractivity contribution < 1.29 is 33.3 Å². The Morgan fingerprint density at radius 2 is 2.29 bits per heavy atom. The summed E-state index contributed by atoms with van der Waals surface area (Å²) in [7, 11) is 1.21. The summed E-state index contributed by atoms with van der Waals surface area (Å²) in [6.07, 6.45) is 1.82. The summed E-state index contributed by atoms with van der Waals surface area (Å²) in [6.45, 7) is 0.802. The number of anilines is 1. The predicted molar refractivity (Wildman–Crippen MR) is 97.2 cm³/mol. The lowest BCUT2D eigenvalue weighted by molar-refractivity contribution is -0.136. The fourth-order valence-corrected chi connectivity index (χ4v) is 3.17. The van der Waals surface area contributed by atoms with Gasteiger partial charge in [0.2, 0.25) is 0 Å². The number of halogens is 1. The molecule has 0 radical (unpaired) electrons. The van der Waals surface area contributed by atoms with Crippen LogP contribution in [0, 0.1) is 5.82 Å². The molecule has 1 fully saturated rings. The van der Waals surface area contributed by atoms with Crippen LogP contribution in [-0.4, -0.2) is 68.0 Å². The van der Waals surface area contributed by atoms with Crippen LogP contribution in [0.2, 0.25) is 0 Å². The minimum Gasteiger partial charge on any atom is -0.489 e. The van der Waals surface area contributed by atoms with E-state index in [4.69, 9.17) is 19.3 Å². The molecule has 0 aliphatic carbocycles. The first-order chi connectivity index (χ1) is 13.5. The van der Waals surface area contributed by atoms with Crippen LogP contribution >= 0.6 is 0 Å². The summed E-state index contributed by atoms with van der Waals surface area (Å²) in [5.74, 6) is -1.34. The Hall–Kier alpha value is -2.65. The molecule has 28 heavy (non-hydrogen) atoms. The molecule has 0 saturated carbocycles. The Labute approximate surface area is 161 Å². The Kier molecular flexibility index (Phi) is 6.48. The Balaban J connectivity index is 1.84. The molecule has 0 bridgehead atoms. The fraction of sp³-hybridized carbons (Fsp3) is 0.474. The zero-order valence-corrected chi connectivity index (χ0v) is 15.6. The summed E-state index contributed by atoms with van der Waals surface area (Å²) >= 11 is 0. The van der Waals surface area contributed by atoms with Gasteiger partial charge >= 0.3 is 5.97 Å². The number of nitrogens with one attached hydrogen (secondary N) is 1. The smallest absolute Gasteiger partial charge is 0.337 e. The average molecular weight is 394 g/mol. The molecule has 3 rings (SSSR count). The van der Waals surface area contributed by atoms with Crippen molar-refractivity contribution in [2.45, 2.75) is 18.9 Å². The van der Waals surface area contributed by atoms with Crippen LogP contribution in [0.25, 0.3) is 0 Å². The van der Waals surface area contributed by atoms with Crippen LogP contribution in [0.5, 0.6) is 5.75 Å². The van der Waals surface area contributed by atoms with E-state index < -0.39 is 17.7 Å². The molecule has 0 spiro atoms. The SMILES string of the molecule is COC(=O)C1=C(Nc2cc(F)ccc2OCC2CCCO2)C(=O)N(CCO)C1. The van der Waals surface area contributed by atoms with Gasteiger partial charge in [0.15, 0.2) is 0 Å². The van der Waals surface area contributed by atoms with Gasteiger partial charge in [-0.3, -0.25) is 4.79 Å². The van der Waals surface area contributed by atoms with Crippen molar-refractivity contribution in [3.63, 3.8) is 0 Å². The van der Waals surface area contributed by atoms with Crippen molar-refractivity contribution in [2.24, 2.45) is 0 Å². The number of hydrogen-bond donors (Lipinski definition) is 2. The van der Waals surface area contributed by atoms with Gasteiger partial charge in [-0.25, -0.2) is 9.18 Å². The van der Waals surface area contributed by atoms with Crippen molar-refractivity contribution in [1.82, 2.24) is 4.90 Å². The van der Waals surface area contributed by atoms with E-state index >= 15 is 0 Å². The molecule has 1 aromatic carbocycles. The first-order valence-electron chi connectivity index (χ1n) is 9.06. The molecule has 1 aromatic rings. The number of ether oxygens (including phenoxy) is 3. The standard InChI is InChI=1S/C19H23FN2O6/c1-26-19(25)14-10-22(6-7-23)18(24)17(14)21-15-9-12(20)4-5-16(15)28-11-13-3-2-8-27-13/h4-5,9,13,21,23H,2-3,6-8,10-11H2,1H3. The first kappa shape index (κ1) is 20.1. The molecular formula is C19H23FN2O6. The molecule has 2 aliphatic heterocycles. The third kappa shape index (κ3) is 4.42. The molecule has 1 unspecified atom stereocenters. The maximum Gasteiger partial charge on any atom is 0.337 e.